The van der Waals surface area contributed by atoms with Gasteiger partial charge in [-0.1, -0.05) is 47.1 Å². The molecule has 8 heteroatoms. The number of nitrogens with two attached hydrogens (primary N) is 2. The molecule has 0 amide bonds. The standard InChI is InChI=1S/C28H39N3O4S/c1-19(12-13-29)8-9-21(3)15-25-17-26-31-24(18-36-26)11-10-23(30)16-28(33)34-22(4)14-20(2)6-5-7-27(32)35-25/h5-9,12,15,18,22-23,25H,10-11,13-14,16-17,29-30H2,1-4H3/b7-5-,9-8+,19-12+,20-6+,21-15+/t22-,23+,25+/m0/s1. The molecule has 0 fully saturated rings. The molecule has 0 spiro atoms. The van der Waals surface area contributed by atoms with E-state index >= 15 is 0 Å². The third kappa shape index (κ3) is 11.7. The van der Waals surface area contributed by atoms with Crippen LogP contribution in [0.25, 0.3) is 0 Å². The first-order valence-corrected chi connectivity index (χ1v) is 13.2. The van der Waals surface area contributed by atoms with E-state index in [1.807, 2.05) is 63.5 Å². The van der Waals surface area contributed by atoms with Crippen LogP contribution in [0.5, 0.6) is 0 Å². The summed E-state index contributed by atoms with van der Waals surface area (Å²) < 4.78 is 11.3. The van der Waals surface area contributed by atoms with Gasteiger partial charge in [-0.3, -0.25) is 4.79 Å². The van der Waals surface area contributed by atoms with Gasteiger partial charge in [0.2, 0.25) is 0 Å². The Bertz CT molecular complexity index is 1040. The highest BCUT2D eigenvalue weighted by Gasteiger charge is 2.17. The number of ether oxygens (including phenoxy) is 2. The highest BCUT2D eigenvalue weighted by molar-refractivity contribution is 7.09. The largest absolute Gasteiger partial charge is 0.462 e. The van der Waals surface area contributed by atoms with E-state index in [1.54, 1.807) is 6.08 Å². The number of thiazole rings is 1. The minimum Gasteiger partial charge on any atom is -0.462 e. The van der Waals surface area contributed by atoms with E-state index in [0.29, 0.717) is 32.2 Å². The molecule has 3 atom stereocenters. The lowest BCUT2D eigenvalue weighted by Crippen LogP contribution is -2.27. The molecule has 7 nitrogen and oxygen atoms in total. The van der Waals surface area contributed by atoms with Gasteiger partial charge in [-0.05, 0) is 46.6 Å². The summed E-state index contributed by atoms with van der Waals surface area (Å²) in [5.41, 5.74) is 15.7. The van der Waals surface area contributed by atoms with Gasteiger partial charge in [-0.2, -0.15) is 0 Å². The second-order valence-corrected chi connectivity index (χ2v) is 10.2. The molecular formula is C28H39N3O4S. The Morgan fingerprint density at radius 1 is 1.17 bits per heavy atom. The maximum absolute atomic E-state index is 12.6. The van der Waals surface area contributed by atoms with Gasteiger partial charge < -0.3 is 20.9 Å². The zero-order valence-corrected chi connectivity index (χ0v) is 22.6. The van der Waals surface area contributed by atoms with Crippen LogP contribution in [0.1, 0.15) is 57.7 Å². The van der Waals surface area contributed by atoms with E-state index < -0.39 is 12.1 Å². The number of aryl methyl sites for hydroxylation is 1. The van der Waals surface area contributed by atoms with Crippen molar-refractivity contribution in [3.63, 3.8) is 0 Å². The summed E-state index contributed by atoms with van der Waals surface area (Å²) >= 11 is 1.53. The molecule has 1 aliphatic rings. The average Bonchev–Trinajstić information content (AvgIpc) is 3.22. The smallest absolute Gasteiger partial charge is 0.331 e. The Morgan fingerprint density at radius 3 is 2.67 bits per heavy atom. The molecule has 2 rings (SSSR count). The zero-order chi connectivity index (χ0) is 26.5. The Morgan fingerprint density at radius 2 is 1.92 bits per heavy atom. The van der Waals surface area contributed by atoms with Gasteiger partial charge in [0, 0.05) is 36.9 Å². The predicted molar refractivity (Wildman–Crippen MR) is 145 cm³/mol. The van der Waals surface area contributed by atoms with Crippen molar-refractivity contribution >= 4 is 23.3 Å². The molecule has 1 aromatic heterocycles. The van der Waals surface area contributed by atoms with Crippen LogP contribution >= 0.6 is 11.3 Å². The second-order valence-electron chi connectivity index (χ2n) is 9.22. The van der Waals surface area contributed by atoms with E-state index in [4.69, 9.17) is 25.9 Å². The van der Waals surface area contributed by atoms with Gasteiger partial charge in [0.15, 0.2) is 0 Å². The molecule has 0 unspecified atom stereocenters. The molecule has 0 aromatic carbocycles. The minimum atomic E-state index is -0.468. The lowest BCUT2D eigenvalue weighted by atomic mass is 10.1. The van der Waals surface area contributed by atoms with E-state index in [1.165, 1.54) is 17.4 Å². The van der Waals surface area contributed by atoms with Gasteiger partial charge in [0.05, 0.1) is 17.1 Å². The second kappa shape index (κ2) is 15.3. The number of hydrogen-bond acceptors (Lipinski definition) is 8. The Balaban J connectivity index is 2.26. The molecule has 0 aliphatic carbocycles. The molecule has 1 aromatic rings. The summed E-state index contributed by atoms with van der Waals surface area (Å²) in [5, 5.41) is 2.86. The number of hydrogen-bond donors (Lipinski definition) is 2. The van der Waals surface area contributed by atoms with Crippen LogP contribution in [-0.2, 0) is 31.9 Å². The number of allylic oxidation sites excluding steroid dienone is 6. The molecule has 0 radical (unpaired) electrons. The van der Waals surface area contributed by atoms with Crippen LogP contribution in [0.3, 0.4) is 0 Å². The number of nitrogens with zero attached hydrogens (tertiary/aromatic N) is 1. The van der Waals surface area contributed by atoms with Crippen LogP contribution in [0.2, 0.25) is 0 Å². The van der Waals surface area contributed by atoms with Crippen molar-refractivity contribution < 1.29 is 19.1 Å². The van der Waals surface area contributed by atoms with E-state index in [9.17, 15) is 9.59 Å². The Hall–Kier alpha value is -2.81. The maximum Gasteiger partial charge on any atom is 0.331 e. The summed E-state index contributed by atoms with van der Waals surface area (Å²) in [5.74, 6) is -0.733. The summed E-state index contributed by atoms with van der Waals surface area (Å²) in [6, 6.07) is -0.292. The number of aromatic nitrogens is 1. The van der Waals surface area contributed by atoms with Crippen molar-refractivity contribution in [1.29, 1.82) is 0 Å². The third-order valence-corrected chi connectivity index (χ3v) is 6.42. The van der Waals surface area contributed by atoms with E-state index in [-0.39, 0.29) is 24.5 Å². The molecule has 4 N–H and O–H groups in total. The predicted octanol–water partition coefficient (Wildman–Crippen LogP) is 4.49. The van der Waals surface area contributed by atoms with Crippen molar-refractivity contribution in [2.45, 2.75) is 78.0 Å². The van der Waals surface area contributed by atoms with Gasteiger partial charge in [0.1, 0.15) is 12.2 Å². The van der Waals surface area contributed by atoms with Crippen molar-refractivity contribution in [1.82, 2.24) is 4.98 Å². The van der Waals surface area contributed by atoms with Crippen LogP contribution in [-0.4, -0.2) is 41.7 Å². The Kier molecular flexibility index (Phi) is 12.5. The number of esters is 2. The van der Waals surface area contributed by atoms with Crippen LogP contribution < -0.4 is 11.5 Å². The molecule has 0 saturated carbocycles. The monoisotopic (exact) mass is 513 g/mol. The van der Waals surface area contributed by atoms with E-state index in [2.05, 4.69) is 0 Å². The lowest BCUT2D eigenvalue weighted by molar-refractivity contribution is -0.148. The van der Waals surface area contributed by atoms with Gasteiger partial charge in [-0.25, -0.2) is 9.78 Å². The maximum atomic E-state index is 12.6. The van der Waals surface area contributed by atoms with Crippen molar-refractivity contribution in [2.24, 2.45) is 11.5 Å². The lowest BCUT2D eigenvalue weighted by Gasteiger charge is -2.15. The van der Waals surface area contributed by atoms with Gasteiger partial charge >= 0.3 is 11.9 Å². The highest BCUT2D eigenvalue weighted by atomic mass is 32.1. The fourth-order valence-electron chi connectivity index (χ4n) is 3.69. The number of carbonyl (C=O) groups is 2. The molecule has 2 heterocycles. The summed E-state index contributed by atoms with van der Waals surface area (Å²) in [6.45, 7) is 8.21. The molecule has 0 saturated heterocycles. The first-order chi connectivity index (χ1) is 17.1. The first kappa shape index (κ1) is 29.4. The van der Waals surface area contributed by atoms with Gasteiger partial charge in [0.25, 0.3) is 0 Å². The Labute approximate surface area is 218 Å². The van der Waals surface area contributed by atoms with Crippen LogP contribution in [0, 0.1) is 0 Å². The fourth-order valence-corrected chi connectivity index (χ4v) is 4.57. The fraction of sp³-hybridized carbons (Fsp3) is 0.464. The SMILES string of the molecule is CC(/C=C/C(C)=C/[C@@H]1Cc2nc(cs2)CC[C@@H](N)CC(=O)O[C@@H](C)C/C(C)=C/C=C\C(=O)O1)=C\CN. The summed E-state index contributed by atoms with van der Waals surface area (Å²) in [4.78, 5) is 29.5. The minimum absolute atomic E-state index is 0.173. The highest BCUT2D eigenvalue weighted by Crippen LogP contribution is 2.18. The summed E-state index contributed by atoms with van der Waals surface area (Å²) in [6.07, 6.45) is 14.5. The summed E-state index contributed by atoms with van der Waals surface area (Å²) in [7, 11) is 0. The van der Waals surface area contributed by atoms with E-state index in [0.717, 1.165) is 27.4 Å². The van der Waals surface area contributed by atoms with Crippen molar-refractivity contribution in [3.05, 3.63) is 75.3 Å². The van der Waals surface area contributed by atoms with Crippen LogP contribution in [0.4, 0.5) is 0 Å². The third-order valence-electron chi connectivity index (χ3n) is 5.50. The quantitative estimate of drug-likeness (QED) is 0.450. The topological polar surface area (TPSA) is 118 Å². The molecule has 2 bridgehead atoms. The van der Waals surface area contributed by atoms with Gasteiger partial charge in [-0.15, -0.1) is 11.3 Å². The molecule has 1 aliphatic heterocycles. The average molecular weight is 514 g/mol. The van der Waals surface area contributed by atoms with Crippen molar-refractivity contribution in [2.75, 3.05) is 6.54 Å². The number of cyclic esters (lactones) is 2. The molecule has 36 heavy (non-hydrogen) atoms. The zero-order valence-electron chi connectivity index (χ0n) is 21.7. The van der Waals surface area contributed by atoms with Crippen LogP contribution in [0.15, 0.2) is 64.6 Å². The molecule has 196 valence electrons. The molecular weight excluding hydrogens is 474 g/mol. The normalized spacial score (nSPS) is 26.3. The number of fused-ring (bicyclic) bond motifs is 2. The van der Waals surface area contributed by atoms with Crippen molar-refractivity contribution in [3.8, 4) is 0 Å². The number of rotatable bonds is 4. The number of carbonyl (C=O) groups excluding carboxylic acids is 2. The first-order valence-electron chi connectivity index (χ1n) is 12.3.